The van der Waals surface area contributed by atoms with Gasteiger partial charge in [0.25, 0.3) is 0 Å². The van der Waals surface area contributed by atoms with Crippen molar-refractivity contribution in [1.82, 2.24) is 31.6 Å². The van der Waals surface area contributed by atoms with Crippen LogP contribution in [0.25, 0.3) is 10.2 Å². The van der Waals surface area contributed by atoms with Gasteiger partial charge in [-0.2, -0.15) is 0 Å². The minimum Gasteiger partial charge on any atom is -0.327 e. The van der Waals surface area contributed by atoms with E-state index < -0.39 is 12.2 Å². The highest BCUT2D eigenvalue weighted by Gasteiger charge is 2.41. The number of piperidine rings is 1. The van der Waals surface area contributed by atoms with Crippen LogP contribution in [0.15, 0.2) is 48.5 Å². The van der Waals surface area contributed by atoms with Gasteiger partial charge in [-0.3, -0.25) is 25.5 Å². The van der Waals surface area contributed by atoms with Crippen molar-refractivity contribution in [3.8, 4) is 0 Å². The molecule has 4 heterocycles. The lowest BCUT2D eigenvalue weighted by atomic mass is 9.99. The maximum absolute atomic E-state index is 13.5. The van der Waals surface area contributed by atoms with Crippen LogP contribution in [0.1, 0.15) is 35.8 Å². The zero-order valence-corrected chi connectivity index (χ0v) is 20.7. The van der Waals surface area contributed by atoms with E-state index in [1.54, 1.807) is 11.3 Å². The first kappa shape index (κ1) is 23.5. The van der Waals surface area contributed by atoms with Crippen molar-refractivity contribution < 1.29 is 9.59 Å². The van der Waals surface area contributed by atoms with Crippen LogP contribution >= 0.6 is 11.3 Å². The monoisotopic (exact) mass is 505 g/mol. The zero-order chi connectivity index (χ0) is 24.5. The smallest absolute Gasteiger partial charge is 0.235 e. The van der Waals surface area contributed by atoms with Crippen LogP contribution in [0.5, 0.6) is 0 Å². The van der Waals surface area contributed by atoms with E-state index >= 15 is 0 Å². The van der Waals surface area contributed by atoms with Crippen molar-refractivity contribution in [3.63, 3.8) is 0 Å². The Labute approximate surface area is 213 Å². The summed E-state index contributed by atoms with van der Waals surface area (Å²) in [7, 11) is 0. The predicted octanol–water partition coefficient (Wildman–Crippen LogP) is 1.59. The second-order valence-corrected chi connectivity index (χ2v) is 10.8. The molecule has 2 amide bonds. The number of para-hydroxylation sites is 2. The second kappa shape index (κ2) is 10.2. The molecule has 2 saturated heterocycles. The number of hydrogen-bond acceptors (Lipinski definition) is 8. The molecular formula is C26H31N7O2S. The molecule has 6 N–H and O–H groups in total. The number of carbonyl (C=O) groups is 2. The van der Waals surface area contributed by atoms with Crippen molar-refractivity contribution in [1.29, 1.82) is 0 Å². The van der Waals surface area contributed by atoms with E-state index in [0.717, 1.165) is 52.4 Å². The molecule has 9 nitrogen and oxygen atoms in total. The van der Waals surface area contributed by atoms with Gasteiger partial charge in [-0.15, -0.1) is 11.3 Å². The standard InChI is InChI=1S/C26H31N7O2S/c34-21-13-17(12-15-6-1-2-8-18(15)30-21)29-26-32-23(28-16-7-5-11-27-14-16)22(24(35)33-26)25-31-19-9-3-4-10-20(19)36-25/h1-4,6,8-10,16-17,22-23,26-29,32H,5,7,11-14H2,(H,30,34)(H,33,35)/t16-,17-,22?,23?,26?/m1/s1. The van der Waals surface area contributed by atoms with E-state index in [0.29, 0.717) is 12.8 Å². The van der Waals surface area contributed by atoms with Gasteiger partial charge >= 0.3 is 0 Å². The lowest BCUT2D eigenvalue weighted by Gasteiger charge is -2.41. The number of nitrogens with zero attached hydrogens (tertiary/aromatic N) is 1. The molecule has 10 heteroatoms. The zero-order valence-electron chi connectivity index (χ0n) is 19.9. The first-order valence-corrected chi connectivity index (χ1v) is 13.5. The van der Waals surface area contributed by atoms with Crippen LogP contribution in [0, 0.1) is 0 Å². The SMILES string of the molecule is O=C1C[C@H](NC2NC(=O)C(c3nc4ccccc4s3)C(N[C@@H]3CCCNC3)N2)Cc2ccccc2N1. The highest BCUT2D eigenvalue weighted by molar-refractivity contribution is 7.18. The molecule has 0 radical (unpaired) electrons. The Bertz CT molecular complexity index is 1220. The second-order valence-electron chi connectivity index (χ2n) is 9.77. The molecule has 3 aliphatic rings. The highest BCUT2D eigenvalue weighted by Crippen LogP contribution is 2.31. The van der Waals surface area contributed by atoms with E-state index in [1.165, 1.54) is 0 Å². The number of benzene rings is 2. The number of carbonyl (C=O) groups excluding carboxylic acids is 2. The molecule has 3 aliphatic heterocycles. The van der Waals surface area contributed by atoms with Gasteiger partial charge in [0.1, 0.15) is 17.2 Å². The molecule has 188 valence electrons. The number of amides is 2. The summed E-state index contributed by atoms with van der Waals surface area (Å²) in [6.45, 7) is 1.89. The van der Waals surface area contributed by atoms with Gasteiger partial charge in [-0.1, -0.05) is 30.3 Å². The minimum absolute atomic E-state index is 0.0325. The van der Waals surface area contributed by atoms with Gasteiger partial charge < -0.3 is 16.0 Å². The third-order valence-corrected chi connectivity index (χ3v) is 8.25. The Balaban J connectivity index is 1.23. The quantitative estimate of drug-likeness (QED) is 0.312. The van der Waals surface area contributed by atoms with Gasteiger partial charge in [0.15, 0.2) is 0 Å². The lowest BCUT2D eigenvalue weighted by molar-refractivity contribution is -0.127. The molecule has 0 spiro atoms. The molecule has 0 bridgehead atoms. The van der Waals surface area contributed by atoms with Crippen molar-refractivity contribution in [2.75, 3.05) is 18.4 Å². The molecule has 36 heavy (non-hydrogen) atoms. The Morgan fingerprint density at radius 2 is 1.83 bits per heavy atom. The summed E-state index contributed by atoms with van der Waals surface area (Å²) in [6, 6.07) is 16.0. The highest BCUT2D eigenvalue weighted by atomic mass is 32.1. The van der Waals surface area contributed by atoms with Crippen molar-refractivity contribution in [2.45, 2.75) is 56.1 Å². The molecule has 3 aromatic rings. The molecule has 2 fully saturated rings. The van der Waals surface area contributed by atoms with E-state index in [-0.39, 0.29) is 30.1 Å². The number of hydrogen-bond donors (Lipinski definition) is 6. The van der Waals surface area contributed by atoms with Crippen molar-refractivity contribution >= 4 is 39.1 Å². The van der Waals surface area contributed by atoms with Crippen LogP contribution in [-0.4, -0.2) is 54.4 Å². The molecule has 0 aliphatic carbocycles. The van der Waals surface area contributed by atoms with Gasteiger partial charge in [0.05, 0.1) is 16.4 Å². The Morgan fingerprint density at radius 1 is 0.972 bits per heavy atom. The average Bonchev–Trinajstić information content (AvgIpc) is 3.21. The fourth-order valence-corrected chi connectivity index (χ4v) is 6.50. The number of nitrogens with one attached hydrogen (secondary N) is 6. The van der Waals surface area contributed by atoms with Crippen LogP contribution in [0.3, 0.4) is 0 Å². The molecule has 2 aromatic carbocycles. The Morgan fingerprint density at radius 3 is 2.69 bits per heavy atom. The molecule has 5 atom stereocenters. The maximum Gasteiger partial charge on any atom is 0.235 e. The fraction of sp³-hybridized carbons (Fsp3) is 0.423. The molecule has 6 rings (SSSR count). The van der Waals surface area contributed by atoms with Crippen LogP contribution in [-0.2, 0) is 16.0 Å². The van der Waals surface area contributed by atoms with E-state index in [9.17, 15) is 9.59 Å². The van der Waals surface area contributed by atoms with Crippen LogP contribution in [0.4, 0.5) is 5.69 Å². The first-order chi connectivity index (χ1) is 17.6. The topological polar surface area (TPSA) is 119 Å². The minimum atomic E-state index is -0.472. The summed E-state index contributed by atoms with van der Waals surface area (Å²) < 4.78 is 1.07. The maximum atomic E-state index is 13.5. The van der Waals surface area contributed by atoms with Gasteiger partial charge in [0, 0.05) is 30.7 Å². The number of fused-ring (bicyclic) bond motifs is 2. The van der Waals surface area contributed by atoms with Gasteiger partial charge in [-0.05, 0) is 49.6 Å². The number of aromatic nitrogens is 1. The van der Waals surface area contributed by atoms with E-state index in [1.807, 2.05) is 48.5 Å². The molecule has 3 unspecified atom stereocenters. The third-order valence-electron chi connectivity index (χ3n) is 7.13. The summed E-state index contributed by atoms with van der Waals surface area (Å²) in [6.07, 6.45) is 2.40. The normalized spacial score (nSPS) is 28.7. The summed E-state index contributed by atoms with van der Waals surface area (Å²) in [5.41, 5.74) is 2.85. The number of anilines is 1. The van der Waals surface area contributed by atoms with Crippen molar-refractivity contribution in [2.24, 2.45) is 0 Å². The molecule has 1 aromatic heterocycles. The summed E-state index contributed by atoms with van der Waals surface area (Å²) in [4.78, 5) is 30.9. The van der Waals surface area contributed by atoms with Gasteiger partial charge in [0.2, 0.25) is 11.8 Å². The van der Waals surface area contributed by atoms with Crippen LogP contribution < -0.4 is 31.9 Å². The Kier molecular flexibility index (Phi) is 6.68. The number of thiazole rings is 1. The van der Waals surface area contributed by atoms with Crippen LogP contribution in [0.2, 0.25) is 0 Å². The average molecular weight is 506 g/mol. The fourth-order valence-electron chi connectivity index (χ4n) is 5.40. The number of rotatable bonds is 5. The van der Waals surface area contributed by atoms with Gasteiger partial charge in [-0.25, -0.2) is 4.98 Å². The first-order valence-electron chi connectivity index (χ1n) is 12.6. The van der Waals surface area contributed by atoms with Crippen molar-refractivity contribution in [3.05, 3.63) is 59.1 Å². The summed E-state index contributed by atoms with van der Waals surface area (Å²) in [5, 5.41) is 21.1. The van der Waals surface area contributed by atoms with E-state index in [2.05, 4.69) is 31.9 Å². The predicted molar refractivity (Wildman–Crippen MR) is 141 cm³/mol. The lowest BCUT2D eigenvalue weighted by Crippen LogP contribution is -2.71. The summed E-state index contributed by atoms with van der Waals surface area (Å²) in [5.74, 6) is -0.569. The molecule has 0 saturated carbocycles. The summed E-state index contributed by atoms with van der Waals surface area (Å²) >= 11 is 1.56. The third kappa shape index (κ3) is 5.00. The Hall–Kier alpha value is -2.89. The van der Waals surface area contributed by atoms with E-state index in [4.69, 9.17) is 4.98 Å². The molecular weight excluding hydrogens is 474 g/mol. The largest absolute Gasteiger partial charge is 0.327 e.